The monoisotopic (exact) mass is 416 g/mol. The Hall–Kier alpha value is -2.88. The number of ketones is 1. The third-order valence-electron chi connectivity index (χ3n) is 6.64. The number of aryl methyl sites for hydroxylation is 1. The molecule has 1 saturated carbocycles. The quantitative estimate of drug-likeness (QED) is 0.501. The maximum atomic E-state index is 12.6. The predicted octanol–water partition coefficient (Wildman–Crippen LogP) is 5.13. The van der Waals surface area contributed by atoms with E-state index in [9.17, 15) is 9.59 Å². The van der Waals surface area contributed by atoms with E-state index in [1.807, 2.05) is 17.0 Å². The van der Waals surface area contributed by atoms with Gasteiger partial charge in [0.2, 0.25) is 5.91 Å². The van der Waals surface area contributed by atoms with E-state index in [0.29, 0.717) is 24.6 Å². The number of anilines is 1. The van der Waals surface area contributed by atoms with Crippen molar-refractivity contribution in [2.45, 2.75) is 44.9 Å². The highest BCUT2D eigenvalue weighted by Crippen LogP contribution is 2.32. The van der Waals surface area contributed by atoms with Gasteiger partial charge in [0.25, 0.3) is 0 Å². The Morgan fingerprint density at radius 1 is 0.806 bits per heavy atom. The van der Waals surface area contributed by atoms with E-state index in [0.717, 1.165) is 13.1 Å². The summed E-state index contributed by atoms with van der Waals surface area (Å²) in [6, 6.07) is 16.5. The fourth-order valence-corrected chi connectivity index (χ4v) is 4.64. The van der Waals surface area contributed by atoms with E-state index in [-0.39, 0.29) is 11.7 Å². The highest BCUT2D eigenvalue weighted by molar-refractivity contribution is 6.07. The van der Waals surface area contributed by atoms with Gasteiger partial charge in [0.05, 0.1) is 0 Å². The summed E-state index contributed by atoms with van der Waals surface area (Å²) in [5, 5.41) is 0. The number of nitrogens with zero attached hydrogens (tertiary/aromatic N) is 2. The molecule has 2 aromatic carbocycles. The first-order chi connectivity index (χ1) is 15.1. The summed E-state index contributed by atoms with van der Waals surface area (Å²) in [6.07, 6.45) is 9.29. The van der Waals surface area contributed by atoms with Crippen molar-refractivity contribution in [1.82, 2.24) is 4.90 Å². The van der Waals surface area contributed by atoms with Crippen LogP contribution in [0.4, 0.5) is 5.69 Å². The van der Waals surface area contributed by atoms with Gasteiger partial charge in [0, 0.05) is 43.5 Å². The third-order valence-corrected chi connectivity index (χ3v) is 6.64. The lowest BCUT2D eigenvalue weighted by Gasteiger charge is -2.35. The molecule has 0 radical (unpaired) electrons. The van der Waals surface area contributed by atoms with E-state index >= 15 is 0 Å². The van der Waals surface area contributed by atoms with Crippen LogP contribution >= 0.6 is 0 Å². The number of carbonyl (C=O) groups is 2. The number of hydrogen-bond acceptors (Lipinski definition) is 3. The normalized spacial score (nSPS) is 17.8. The second-order valence-electron chi connectivity index (χ2n) is 8.80. The van der Waals surface area contributed by atoms with Crippen LogP contribution in [0.2, 0.25) is 0 Å². The van der Waals surface area contributed by atoms with Gasteiger partial charge >= 0.3 is 0 Å². The summed E-state index contributed by atoms with van der Waals surface area (Å²) in [5.74, 6) is 0.436. The molecule has 0 atom stereocenters. The molecule has 4 rings (SSSR count). The molecule has 162 valence electrons. The van der Waals surface area contributed by atoms with E-state index < -0.39 is 0 Å². The Morgan fingerprint density at radius 3 is 2.10 bits per heavy atom. The molecule has 1 heterocycles. The molecule has 1 amide bonds. The number of hydrogen-bond donors (Lipinski definition) is 0. The topological polar surface area (TPSA) is 40.6 Å². The number of amides is 1. The lowest BCUT2D eigenvalue weighted by atomic mass is 9.84. The average Bonchev–Trinajstić information content (AvgIpc) is 2.83. The molecule has 0 N–H and O–H groups in total. The Balaban J connectivity index is 1.28. The molecule has 1 aliphatic carbocycles. The van der Waals surface area contributed by atoms with Gasteiger partial charge in [-0.1, -0.05) is 61.2 Å². The number of piperazine rings is 1. The highest BCUT2D eigenvalue weighted by Gasteiger charge is 2.20. The van der Waals surface area contributed by atoms with Crippen LogP contribution in [-0.4, -0.2) is 42.8 Å². The van der Waals surface area contributed by atoms with Gasteiger partial charge < -0.3 is 9.80 Å². The van der Waals surface area contributed by atoms with E-state index in [1.54, 1.807) is 0 Å². The van der Waals surface area contributed by atoms with Crippen LogP contribution in [0.5, 0.6) is 0 Å². The summed E-state index contributed by atoms with van der Waals surface area (Å²) in [4.78, 5) is 29.2. The van der Waals surface area contributed by atoms with E-state index in [2.05, 4.69) is 48.2 Å². The molecule has 4 heteroatoms. The largest absolute Gasteiger partial charge is 0.368 e. The Kier molecular flexibility index (Phi) is 6.86. The number of benzene rings is 2. The van der Waals surface area contributed by atoms with Gasteiger partial charge in [-0.15, -0.1) is 0 Å². The Labute approximate surface area is 185 Å². The lowest BCUT2D eigenvalue weighted by molar-refractivity contribution is -0.126. The minimum atomic E-state index is -0.109. The van der Waals surface area contributed by atoms with Crippen LogP contribution in [0, 0.1) is 6.92 Å². The molecule has 0 unspecified atom stereocenters. The van der Waals surface area contributed by atoms with Crippen molar-refractivity contribution in [2.75, 3.05) is 31.1 Å². The summed E-state index contributed by atoms with van der Waals surface area (Å²) in [7, 11) is 0. The lowest BCUT2D eigenvalue weighted by Crippen LogP contribution is -2.48. The fourth-order valence-electron chi connectivity index (χ4n) is 4.64. The molecule has 2 aromatic rings. The van der Waals surface area contributed by atoms with Crippen LogP contribution in [0.25, 0.3) is 0 Å². The second kappa shape index (κ2) is 9.95. The minimum absolute atomic E-state index is 0.0873. The summed E-state index contributed by atoms with van der Waals surface area (Å²) in [5.41, 5.74) is 4.42. The molecule has 2 fully saturated rings. The van der Waals surface area contributed by atoms with Gasteiger partial charge in [0.1, 0.15) is 0 Å². The van der Waals surface area contributed by atoms with Crippen molar-refractivity contribution in [3.63, 3.8) is 0 Å². The predicted molar refractivity (Wildman–Crippen MR) is 126 cm³/mol. The van der Waals surface area contributed by atoms with Gasteiger partial charge in [-0.3, -0.25) is 9.59 Å². The molecule has 2 aliphatic rings. The van der Waals surface area contributed by atoms with Crippen LogP contribution in [0.15, 0.2) is 60.7 Å². The van der Waals surface area contributed by atoms with Crippen molar-refractivity contribution < 1.29 is 9.59 Å². The van der Waals surface area contributed by atoms with E-state index in [1.165, 1.54) is 61.1 Å². The average molecular weight is 417 g/mol. The van der Waals surface area contributed by atoms with Crippen molar-refractivity contribution >= 4 is 17.4 Å². The molecular weight excluding hydrogens is 384 g/mol. The molecular formula is C27H32N2O2. The van der Waals surface area contributed by atoms with Crippen LogP contribution in [0.1, 0.15) is 59.5 Å². The molecule has 4 nitrogen and oxygen atoms in total. The SMILES string of the molecule is Cc1ccc(N2CCN(C(=O)/C=C/C(=O)c3ccc(C4CCCCC4)cc3)CC2)cc1. The molecule has 0 spiro atoms. The molecule has 31 heavy (non-hydrogen) atoms. The molecule has 1 aliphatic heterocycles. The zero-order valence-electron chi connectivity index (χ0n) is 18.4. The smallest absolute Gasteiger partial charge is 0.246 e. The number of carbonyl (C=O) groups excluding carboxylic acids is 2. The van der Waals surface area contributed by atoms with Crippen molar-refractivity contribution in [3.05, 3.63) is 77.4 Å². The Bertz CT molecular complexity index is 917. The van der Waals surface area contributed by atoms with Crippen LogP contribution in [-0.2, 0) is 4.79 Å². The zero-order chi connectivity index (χ0) is 21.6. The number of rotatable bonds is 5. The molecule has 0 aromatic heterocycles. The Morgan fingerprint density at radius 2 is 1.45 bits per heavy atom. The minimum Gasteiger partial charge on any atom is -0.368 e. The first kappa shape index (κ1) is 21.4. The van der Waals surface area contributed by atoms with Crippen LogP contribution < -0.4 is 4.90 Å². The zero-order valence-corrected chi connectivity index (χ0v) is 18.4. The first-order valence-corrected chi connectivity index (χ1v) is 11.5. The van der Waals surface area contributed by atoms with Gasteiger partial charge in [-0.05, 0) is 49.5 Å². The van der Waals surface area contributed by atoms with Gasteiger partial charge in [0.15, 0.2) is 5.78 Å². The van der Waals surface area contributed by atoms with Crippen molar-refractivity contribution in [1.29, 1.82) is 0 Å². The maximum absolute atomic E-state index is 12.6. The second-order valence-corrected chi connectivity index (χ2v) is 8.80. The highest BCUT2D eigenvalue weighted by atomic mass is 16.2. The number of allylic oxidation sites excluding steroid dienone is 1. The summed E-state index contributed by atoms with van der Waals surface area (Å²) >= 11 is 0. The van der Waals surface area contributed by atoms with Gasteiger partial charge in [-0.25, -0.2) is 0 Å². The van der Waals surface area contributed by atoms with E-state index in [4.69, 9.17) is 0 Å². The molecule has 0 bridgehead atoms. The van der Waals surface area contributed by atoms with Crippen molar-refractivity contribution in [3.8, 4) is 0 Å². The van der Waals surface area contributed by atoms with Crippen LogP contribution in [0.3, 0.4) is 0 Å². The first-order valence-electron chi connectivity index (χ1n) is 11.5. The van der Waals surface area contributed by atoms with Gasteiger partial charge in [-0.2, -0.15) is 0 Å². The third kappa shape index (κ3) is 5.43. The summed E-state index contributed by atoms with van der Waals surface area (Å²) in [6.45, 7) is 5.03. The van der Waals surface area contributed by atoms with Crippen molar-refractivity contribution in [2.24, 2.45) is 0 Å². The maximum Gasteiger partial charge on any atom is 0.246 e. The molecule has 1 saturated heterocycles. The summed E-state index contributed by atoms with van der Waals surface area (Å²) < 4.78 is 0. The fraction of sp³-hybridized carbons (Fsp3) is 0.407. The standard InChI is InChI=1S/C27H32N2O2/c1-21-7-13-25(14-8-21)28-17-19-29(20-18-28)27(31)16-15-26(30)24-11-9-23(10-12-24)22-5-3-2-4-6-22/h7-16,22H,2-6,17-20H2,1H3/b16-15+.